The van der Waals surface area contributed by atoms with Crippen molar-refractivity contribution in [2.24, 2.45) is 15.3 Å². The Hall–Kier alpha value is -3.82. The summed E-state index contributed by atoms with van der Waals surface area (Å²) in [5, 5.41) is 12.6. The van der Waals surface area contributed by atoms with Gasteiger partial charge in [-0.3, -0.25) is 19.1 Å². The van der Waals surface area contributed by atoms with Crippen LogP contribution in [0.25, 0.3) is 11.2 Å². The molecule has 1 aromatic carbocycles. The minimum absolute atomic E-state index is 0.227. The third kappa shape index (κ3) is 4.90. The van der Waals surface area contributed by atoms with Crippen LogP contribution in [0.4, 0.5) is 0 Å². The molecule has 0 atom stereocenters. The van der Waals surface area contributed by atoms with Crippen LogP contribution in [0.2, 0.25) is 0 Å². The maximum absolute atomic E-state index is 12.4. The lowest BCUT2D eigenvalue weighted by molar-refractivity contribution is -0.121. The molecule has 10 nitrogen and oxygen atoms in total. The molecule has 0 aliphatic carbocycles. The minimum atomic E-state index is -0.330. The zero-order valence-corrected chi connectivity index (χ0v) is 18.0. The van der Waals surface area contributed by atoms with E-state index in [1.807, 2.05) is 34.9 Å². The van der Waals surface area contributed by atoms with Gasteiger partial charge in [0.2, 0.25) is 11.5 Å². The molecule has 0 saturated heterocycles. The zero-order chi connectivity index (χ0) is 22.3. The SMILES string of the molecule is CCCCCn1/c(=N/NC(=O)CCC2=NN=C(c3ccccc3)C2)[nH]c(=O)c2[nH]cnc21. The van der Waals surface area contributed by atoms with Gasteiger partial charge in [-0.15, -0.1) is 5.10 Å². The van der Waals surface area contributed by atoms with Gasteiger partial charge >= 0.3 is 0 Å². The molecular weight excluding hydrogens is 408 g/mol. The van der Waals surface area contributed by atoms with E-state index >= 15 is 0 Å². The Morgan fingerprint density at radius 2 is 2.06 bits per heavy atom. The number of benzene rings is 1. The highest BCUT2D eigenvalue weighted by Crippen LogP contribution is 2.14. The maximum Gasteiger partial charge on any atom is 0.278 e. The molecule has 0 bridgehead atoms. The molecule has 0 fully saturated rings. The van der Waals surface area contributed by atoms with Gasteiger partial charge in [0, 0.05) is 25.1 Å². The maximum atomic E-state index is 12.4. The number of carbonyl (C=O) groups is 1. The monoisotopic (exact) mass is 434 g/mol. The van der Waals surface area contributed by atoms with E-state index in [4.69, 9.17) is 0 Å². The first-order valence-corrected chi connectivity index (χ1v) is 10.8. The van der Waals surface area contributed by atoms with Crippen molar-refractivity contribution in [3.05, 3.63) is 58.2 Å². The lowest BCUT2D eigenvalue weighted by Crippen LogP contribution is -2.35. The molecule has 4 rings (SSSR count). The van der Waals surface area contributed by atoms with Gasteiger partial charge in [0.1, 0.15) is 5.52 Å². The average Bonchev–Trinajstić information content (AvgIpc) is 3.49. The van der Waals surface area contributed by atoms with E-state index < -0.39 is 0 Å². The molecule has 1 aliphatic rings. The van der Waals surface area contributed by atoms with Crippen LogP contribution in [-0.4, -0.2) is 36.8 Å². The van der Waals surface area contributed by atoms with Crippen LogP contribution in [0.15, 0.2) is 56.8 Å². The summed E-state index contributed by atoms with van der Waals surface area (Å²) in [6, 6.07) is 9.87. The first-order valence-electron chi connectivity index (χ1n) is 10.8. The number of fused-ring (bicyclic) bond motifs is 1. The Bertz CT molecular complexity index is 1280. The first kappa shape index (κ1) is 21.4. The molecule has 3 aromatic rings. The van der Waals surface area contributed by atoms with Gasteiger partial charge < -0.3 is 4.98 Å². The predicted octanol–water partition coefficient (Wildman–Crippen LogP) is 2.20. The number of amides is 1. The lowest BCUT2D eigenvalue weighted by atomic mass is 10.0. The number of rotatable bonds is 9. The number of nitrogens with one attached hydrogen (secondary N) is 3. The smallest absolute Gasteiger partial charge is 0.278 e. The summed E-state index contributed by atoms with van der Waals surface area (Å²) >= 11 is 0. The predicted molar refractivity (Wildman–Crippen MR) is 122 cm³/mol. The number of aromatic amines is 2. The number of hydrogen-bond donors (Lipinski definition) is 3. The van der Waals surface area contributed by atoms with Crippen LogP contribution in [0, 0.1) is 0 Å². The summed E-state index contributed by atoms with van der Waals surface area (Å²) in [6.07, 6.45) is 5.85. The number of hydrogen-bond acceptors (Lipinski definition) is 6. The molecule has 32 heavy (non-hydrogen) atoms. The first-order chi connectivity index (χ1) is 15.7. The molecule has 10 heteroatoms. The van der Waals surface area contributed by atoms with Crippen molar-refractivity contribution in [1.29, 1.82) is 0 Å². The molecule has 0 radical (unpaired) electrons. The fourth-order valence-corrected chi connectivity index (χ4v) is 3.56. The minimum Gasteiger partial charge on any atom is -0.339 e. The lowest BCUT2D eigenvalue weighted by Gasteiger charge is -2.08. The van der Waals surface area contributed by atoms with E-state index in [2.05, 4.69) is 42.6 Å². The van der Waals surface area contributed by atoms with Crippen LogP contribution >= 0.6 is 0 Å². The average molecular weight is 435 g/mol. The molecule has 1 aliphatic heterocycles. The van der Waals surface area contributed by atoms with Crippen LogP contribution in [0.3, 0.4) is 0 Å². The van der Waals surface area contributed by atoms with Gasteiger partial charge in [0.15, 0.2) is 5.65 Å². The van der Waals surface area contributed by atoms with Crippen molar-refractivity contribution in [2.75, 3.05) is 0 Å². The largest absolute Gasteiger partial charge is 0.339 e. The van der Waals surface area contributed by atoms with Crippen LogP contribution in [-0.2, 0) is 11.3 Å². The molecule has 1 amide bonds. The highest BCUT2D eigenvalue weighted by atomic mass is 16.2. The molecular formula is C22H26N8O2. The third-order valence-electron chi connectivity index (χ3n) is 5.29. The van der Waals surface area contributed by atoms with Crippen molar-refractivity contribution < 1.29 is 4.79 Å². The second-order valence-electron chi connectivity index (χ2n) is 7.64. The molecule has 166 valence electrons. The standard InChI is InChI=1S/C22H26N8O2/c1-2-3-7-12-30-20-19(23-14-24-20)21(32)25-22(30)29-28-18(31)11-10-16-13-17(27-26-16)15-8-5-4-6-9-15/h4-6,8-9,14H,2-3,7,10-13H2,1H3,(H,23,24)(H,28,31)(H,25,29,32). The van der Waals surface area contributed by atoms with E-state index in [9.17, 15) is 9.59 Å². The summed E-state index contributed by atoms with van der Waals surface area (Å²) in [6.45, 7) is 2.76. The number of imidazole rings is 1. The number of aromatic nitrogens is 4. The van der Waals surface area contributed by atoms with Gasteiger partial charge in [-0.1, -0.05) is 50.1 Å². The van der Waals surface area contributed by atoms with Crippen molar-refractivity contribution in [3.8, 4) is 0 Å². The number of unbranched alkanes of at least 4 members (excludes halogenated alkanes) is 2. The van der Waals surface area contributed by atoms with Gasteiger partial charge in [0.25, 0.3) is 5.56 Å². The van der Waals surface area contributed by atoms with Crippen LogP contribution < -0.4 is 16.6 Å². The third-order valence-corrected chi connectivity index (χ3v) is 5.29. The fourth-order valence-electron chi connectivity index (χ4n) is 3.56. The fraction of sp³-hybridized carbons (Fsp3) is 0.364. The Morgan fingerprint density at radius 1 is 1.22 bits per heavy atom. The summed E-state index contributed by atoms with van der Waals surface area (Å²) in [4.78, 5) is 34.5. The van der Waals surface area contributed by atoms with Gasteiger partial charge in [-0.05, 0) is 18.4 Å². The number of carbonyl (C=O) groups excluding carboxylic acids is 1. The van der Waals surface area contributed by atoms with Gasteiger partial charge in [-0.25, -0.2) is 10.4 Å². The van der Waals surface area contributed by atoms with Crippen molar-refractivity contribution in [3.63, 3.8) is 0 Å². The van der Waals surface area contributed by atoms with Crippen molar-refractivity contribution in [2.45, 2.75) is 52.0 Å². The Labute approximate surface area is 184 Å². The summed E-state index contributed by atoms with van der Waals surface area (Å²) < 4.78 is 1.81. The summed E-state index contributed by atoms with van der Waals surface area (Å²) in [7, 11) is 0. The van der Waals surface area contributed by atoms with Crippen LogP contribution in [0.5, 0.6) is 0 Å². The Morgan fingerprint density at radius 3 is 2.88 bits per heavy atom. The van der Waals surface area contributed by atoms with E-state index in [0.29, 0.717) is 30.6 Å². The molecule has 0 unspecified atom stereocenters. The molecule has 3 N–H and O–H groups in total. The molecule has 3 heterocycles. The van der Waals surface area contributed by atoms with E-state index in [1.165, 1.54) is 6.33 Å². The Balaban J connectivity index is 1.39. The zero-order valence-electron chi connectivity index (χ0n) is 18.0. The van der Waals surface area contributed by atoms with E-state index in [1.54, 1.807) is 0 Å². The van der Waals surface area contributed by atoms with Gasteiger partial charge in [-0.2, -0.15) is 10.2 Å². The number of nitrogens with zero attached hydrogens (tertiary/aromatic N) is 5. The van der Waals surface area contributed by atoms with Crippen molar-refractivity contribution >= 4 is 28.5 Å². The quantitative estimate of drug-likeness (QED) is 0.352. The number of H-pyrrole nitrogens is 2. The second-order valence-corrected chi connectivity index (χ2v) is 7.64. The van der Waals surface area contributed by atoms with Crippen molar-refractivity contribution in [1.82, 2.24) is 24.9 Å². The van der Waals surface area contributed by atoms with E-state index in [-0.39, 0.29) is 23.5 Å². The molecule has 0 spiro atoms. The van der Waals surface area contributed by atoms with E-state index in [0.717, 1.165) is 36.2 Å². The number of aryl methyl sites for hydroxylation is 1. The van der Waals surface area contributed by atoms with Gasteiger partial charge in [0.05, 0.1) is 12.0 Å². The van der Waals surface area contributed by atoms with Crippen LogP contribution in [0.1, 0.15) is 51.0 Å². The highest BCUT2D eigenvalue weighted by molar-refractivity contribution is 6.15. The summed E-state index contributed by atoms with van der Waals surface area (Å²) in [5.74, 6) is -0.260. The molecule has 0 saturated carbocycles. The molecule has 2 aromatic heterocycles. The normalized spacial score (nSPS) is 14.0. The second kappa shape index (κ2) is 9.99. The summed E-state index contributed by atoms with van der Waals surface area (Å²) in [5.41, 5.74) is 6.20. The topological polar surface area (TPSA) is 133 Å². The Kier molecular flexibility index (Phi) is 6.69. The highest BCUT2D eigenvalue weighted by Gasteiger charge is 2.15.